The van der Waals surface area contributed by atoms with E-state index in [0.29, 0.717) is 5.56 Å². The third-order valence-corrected chi connectivity index (χ3v) is 4.42. The standard InChI is InChI=1S/C16H15FN2S/c17-16(11-18,12-6-2-1-3-7-12)10-15-19-13-8-4-5-9-14(13)20-15/h1-9H,10-11,18H2. The number of nitrogens with two attached hydrogens (primary N) is 1. The number of alkyl halides is 1. The van der Waals surface area contributed by atoms with Gasteiger partial charge in [-0.3, -0.25) is 0 Å². The Balaban J connectivity index is 1.95. The Hall–Kier alpha value is -1.78. The minimum Gasteiger partial charge on any atom is -0.327 e. The topological polar surface area (TPSA) is 38.9 Å². The molecule has 0 amide bonds. The predicted molar refractivity (Wildman–Crippen MR) is 81.6 cm³/mol. The number of thiazole rings is 1. The first-order valence-corrected chi connectivity index (χ1v) is 7.32. The third-order valence-electron chi connectivity index (χ3n) is 3.38. The lowest BCUT2D eigenvalue weighted by molar-refractivity contribution is 0.175. The molecule has 1 atom stereocenters. The van der Waals surface area contributed by atoms with Crippen molar-refractivity contribution in [3.05, 3.63) is 65.2 Å². The Labute approximate surface area is 121 Å². The Bertz CT molecular complexity index is 678. The highest BCUT2D eigenvalue weighted by Crippen LogP contribution is 2.32. The Kier molecular flexibility index (Phi) is 3.51. The number of halogens is 1. The average Bonchev–Trinajstić information content (AvgIpc) is 2.90. The molecular weight excluding hydrogens is 271 g/mol. The van der Waals surface area contributed by atoms with E-state index in [9.17, 15) is 0 Å². The largest absolute Gasteiger partial charge is 0.327 e. The van der Waals surface area contributed by atoms with E-state index in [1.807, 2.05) is 42.5 Å². The van der Waals surface area contributed by atoms with Crippen molar-refractivity contribution in [2.45, 2.75) is 12.1 Å². The summed E-state index contributed by atoms with van der Waals surface area (Å²) < 4.78 is 16.2. The quantitative estimate of drug-likeness (QED) is 0.795. The fourth-order valence-electron chi connectivity index (χ4n) is 2.26. The van der Waals surface area contributed by atoms with Crippen LogP contribution in [0.25, 0.3) is 10.2 Å². The number of aromatic nitrogens is 1. The van der Waals surface area contributed by atoms with Crippen molar-refractivity contribution >= 4 is 21.6 Å². The number of hydrogen-bond donors (Lipinski definition) is 1. The van der Waals surface area contributed by atoms with E-state index >= 15 is 4.39 Å². The number of benzene rings is 2. The number of hydrogen-bond acceptors (Lipinski definition) is 3. The highest BCUT2D eigenvalue weighted by molar-refractivity contribution is 7.18. The van der Waals surface area contributed by atoms with E-state index in [0.717, 1.165) is 15.2 Å². The zero-order chi connectivity index (χ0) is 14.0. The monoisotopic (exact) mass is 286 g/mol. The second-order valence-corrected chi connectivity index (χ2v) is 5.90. The predicted octanol–water partition coefficient (Wildman–Crippen LogP) is 3.66. The lowest BCUT2D eigenvalue weighted by atomic mass is 9.93. The van der Waals surface area contributed by atoms with E-state index in [-0.39, 0.29) is 13.0 Å². The van der Waals surface area contributed by atoms with Gasteiger partial charge in [0.15, 0.2) is 5.67 Å². The first-order chi connectivity index (χ1) is 9.71. The number of rotatable bonds is 4. The summed E-state index contributed by atoms with van der Waals surface area (Å²) in [5.74, 6) is 0. The van der Waals surface area contributed by atoms with Gasteiger partial charge >= 0.3 is 0 Å². The summed E-state index contributed by atoms with van der Waals surface area (Å²) in [6.07, 6.45) is 0.215. The van der Waals surface area contributed by atoms with E-state index in [1.165, 1.54) is 11.3 Å². The second-order valence-electron chi connectivity index (χ2n) is 4.79. The molecule has 3 aromatic rings. The maximum atomic E-state index is 15.1. The van der Waals surface area contributed by atoms with Gasteiger partial charge in [-0.2, -0.15) is 0 Å². The molecule has 2 aromatic carbocycles. The summed E-state index contributed by atoms with van der Waals surface area (Å²) >= 11 is 1.53. The molecule has 2 N–H and O–H groups in total. The lowest BCUT2D eigenvalue weighted by Gasteiger charge is -2.23. The molecule has 102 valence electrons. The number of nitrogens with zero attached hydrogens (tertiary/aromatic N) is 1. The van der Waals surface area contributed by atoms with Crippen molar-refractivity contribution in [3.63, 3.8) is 0 Å². The average molecular weight is 286 g/mol. The summed E-state index contributed by atoms with van der Waals surface area (Å²) in [5.41, 5.74) is 5.65. The molecule has 0 saturated carbocycles. The molecule has 4 heteroatoms. The van der Waals surface area contributed by atoms with Gasteiger partial charge in [-0.1, -0.05) is 42.5 Å². The minimum absolute atomic E-state index is 0.0487. The van der Waals surface area contributed by atoms with Crippen LogP contribution in [-0.2, 0) is 12.1 Å². The maximum Gasteiger partial charge on any atom is 0.154 e. The van der Waals surface area contributed by atoms with Crippen LogP contribution in [0, 0.1) is 0 Å². The van der Waals surface area contributed by atoms with Gasteiger partial charge < -0.3 is 5.73 Å². The van der Waals surface area contributed by atoms with Gasteiger partial charge in [-0.15, -0.1) is 11.3 Å². The van der Waals surface area contributed by atoms with Gasteiger partial charge in [0.2, 0.25) is 0 Å². The van der Waals surface area contributed by atoms with E-state index in [1.54, 1.807) is 12.1 Å². The van der Waals surface area contributed by atoms with Crippen molar-refractivity contribution in [1.29, 1.82) is 0 Å². The van der Waals surface area contributed by atoms with E-state index < -0.39 is 5.67 Å². The SMILES string of the molecule is NCC(F)(Cc1nc2ccccc2s1)c1ccccc1. The summed E-state index contributed by atoms with van der Waals surface area (Å²) in [4.78, 5) is 4.49. The zero-order valence-electron chi connectivity index (χ0n) is 10.9. The van der Waals surface area contributed by atoms with Crippen LogP contribution >= 0.6 is 11.3 Å². The van der Waals surface area contributed by atoms with Crippen LogP contribution in [0.5, 0.6) is 0 Å². The van der Waals surface area contributed by atoms with E-state index in [2.05, 4.69) is 4.98 Å². The van der Waals surface area contributed by atoms with Crippen LogP contribution in [0.1, 0.15) is 10.6 Å². The van der Waals surface area contributed by atoms with E-state index in [4.69, 9.17) is 5.73 Å². The summed E-state index contributed by atoms with van der Waals surface area (Å²) in [6.45, 7) is -0.0487. The van der Waals surface area contributed by atoms with Gasteiger partial charge in [0.1, 0.15) is 0 Å². The molecule has 20 heavy (non-hydrogen) atoms. The van der Waals surface area contributed by atoms with Crippen molar-refractivity contribution < 1.29 is 4.39 Å². The van der Waals surface area contributed by atoms with Crippen molar-refractivity contribution in [2.24, 2.45) is 5.73 Å². The molecule has 0 aliphatic heterocycles. The van der Waals surface area contributed by atoms with Gasteiger partial charge in [-0.05, 0) is 17.7 Å². The molecule has 0 aliphatic rings. The molecule has 0 aliphatic carbocycles. The van der Waals surface area contributed by atoms with Gasteiger partial charge in [0, 0.05) is 13.0 Å². The Morgan fingerprint density at radius 1 is 1.05 bits per heavy atom. The fourth-order valence-corrected chi connectivity index (χ4v) is 3.33. The molecule has 1 heterocycles. The maximum absolute atomic E-state index is 15.1. The lowest BCUT2D eigenvalue weighted by Crippen LogP contribution is -2.32. The molecule has 0 radical (unpaired) electrons. The smallest absolute Gasteiger partial charge is 0.154 e. The minimum atomic E-state index is -1.56. The molecule has 1 aromatic heterocycles. The first-order valence-electron chi connectivity index (χ1n) is 6.50. The van der Waals surface area contributed by atoms with Crippen LogP contribution < -0.4 is 5.73 Å². The molecule has 0 spiro atoms. The van der Waals surface area contributed by atoms with Crippen LogP contribution in [0.15, 0.2) is 54.6 Å². The van der Waals surface area contributed by atoms with Crippen LogP contribution in [0.4, 0.5) is 4.39 Å². The van der Waals surface area contributed by atoms with Crippen LogP contribution in [0.3, 0.4) is 0 Å². The third kappa shape index (κ3) is 2.44. The van der Waals surface area contributed by atoms with Crippen LogP contribution in [-0.4, -0.2) is 11.5 Å². The summed E-state index contributed by atoms with van der Waals surface area (Å²) in [6, 6.07) is 16.9. The second kappa shape index (κ2) is 5.31. The molecule has 0 saturated heterocycles. The first kappa shape index (κ1) is 13.2. The fraction of sp³-hybridized carbons (Fsp3) is 0.188. The Morgan fingerprint density at radius 2 is 1.75 bits per heavy atom. The van der Waals surface area contributed by atoms with Crippen molar-refractivity contribution in [2.75, 3.05) is 6.54 Å². The molecule has 0 bridgehead atoms. The molecule has 3 rings (SSSR count). The number of fused-ring (bicyclic) bond motifs is 1. The van der Waals surface area contributed by atoms with Gasteiger partial charge in [0.25, 0.3) is 0 Å². The van der Waals surface area contributed by atoms with Crippen LogP contribution in [0.2, 0.25) is 0 Å². The molecular formula is C16H15FN2S. The molecule has 2 nitrogen and oxygen atoms in total. The van der Waals surface area contributed by atoms with Gasteiger partial charge in [0.05, 0.1) is 15.2 Å². The Morgan fingerprint density at radius 3 is 2.45 bits per heavy atom. The number of para-hydroxylation sites is 1. The molecule has 0 fully saturated rings. The summed E-state index contributed by atoms with van der Waals surface area (Å²) in [7, 11) is 0. The summed E-state index contributed by atoms with van der Waals surface area (Å²) in [5, 5.41) is 0.781. The highest BCUT2D eigenvalue weighted by atomic mass is 32.1. The van der Waals surface area contributed by atoms with Crippen molar-refractivity contribution in [1.82, 2.24) is 4.98 Å². The zero-order valence-corrected chi connectivity index (χ0v) is 11.7. The highest BCUT2D eigenvalue weighted by Gasteiger charge is 2.31. The normalized spacial score (nSPS) is 14.3. The molecule has 1 unspecified atom stereocenters. The van der Waals surface area contributed by atoms with Gasteiger partial charge in [-0.25, -0.2) is 9.37 Å². The van der Waals surface area contributed by atoms with Crippen molar-refractivity contribution in [3.8, 4) is 0 Å².